The number of rotatable bonds is 4. The second-order valence-corrected chi connectivity index (χ2v) is 6.82. The lowest BCUT2D eigenvalue weighted by Crippen LogP contribution is -2.33. The largest absolute Gasteiger partial charge is 0.326 e. The molecule has 0 saturated carbocycles. The van der Waals surface area contributed by atoms with Crippen molar-refractivity contribution in [1.29, 1.82) is 0 Å². The normalized spacial score (nSPS) is 21.0. The molecule has 4 nitrogen and oxygen atoms in total. The summed E-state index contributed by atoms with van der Waals surface area (Å²) in [6, 6.07) is 15.8. The molecule has 2 aromatic rings. The van der Waals surface area contributed by atoms with E-state index in [-0.39, 0.29) is 17.9 Å². The van der Waals surface area contributed by atoms with Crippen LogP contribution < -0.4 is 11.1 Å². The maximum atomic E-state index is 12.3. The Hall–Kier alpha value is -1.88. The average molecular weight is 344 g/mol. The van der Waals surface area contributed by atoms with Crippen molar-refractivity contribution in [2.45, 2.75) is 18.9 Å². The number of carbonyl (C=O) groups excluding carboxylic acids is 1. The van der Waals surface area contributed by atoms with E-state index in [1.54, 1.807) is 6.07 Å². The van der Waals surface area contributed by atoms with Gasteiger partial charge in [0.1, 0.15) is 0 Å². The van der Waals surface area contributed by atoms with Gasteiger partial charge in [-0.25, -0.2) is 0 Å². The molecule has 0 bridgehead atoms. The van der Waals surface area contributed by atoms with Crippen LogP contribution in [-0.2, 0) is 4.79 Å². The minimum Gasteiger partial charge on any atom is -0.326 e. The van der Waals surface area contributed by atoms with Gasteiger partial charge in [0.2, 0.25) is 5.91 Å². The lowest BCUT2D eigenvalue weighted by molar-refractivity contribution is -0.117. The molecule has 0 unspecified atom stereocenters. The average Bonchev–Trinajstić information content (AvgIpc) is 2.92. The zero-order valence-electron chi connectivity index (χ0n) is 13.7. The molecule has 2 aromatic carbocycles. The van der Waals surface area contributed by atoms with Crippen LogP contribution >= 0.6 is 11.6 Å². The summed E-state index contributed by atoms with van der Waals surface area (Å²) in [4.78, 5) is 14.5. The Labute approximate surface area is 147 Å². The molecule has 1 saturated heterocycles. The van der Waals surface area contributed by atoms with Crippen molar-refractivity contribution in [3.63, 3.8) is 0 Å². The third-order valence-corrected chi connectivity index (χ3v) is 4.74. The van der Waals surface area contributed by atoms with Crippen LogP contribution in [0.5, 0.6) is 0 Å². The summed E-state index contributed by atoms with van der Waals surface area (Å²) in [6.45, 7) is 3.81. The van der Waals surface area contributed by atoms with Gasteiger partial charge in [-0.3, -0.25) is 9.69 Å². The molecule has 0 radical (unpaired) electrons. The Morgan fingerprint density at radius 3 is 2.75 bits per heavy atom. The topological polar surface area (TPSA) is 58.4 Å². The number of carbonyl (C=O) groups is 1. The number of aryl methyl sites for hydroxylation is 1. The van der Waals surface area contributed by atoms with Crippen molar-refractivity contribution in [3.8, 4) is 0 Å². The SMILES string of the molecule is Cc1ccc(Cl)cc1NC(=O)CN1C[C@@H](N)[C@H](c2ccccc2)C1. The van der Waals surface area contributed by atoms with E-state index in [1.807, 2.05) is 37.3 Å². The van der Waals surface area contributed by atoms with Crippen molar-refractivity contribution in [2.24, 2.45) is 5.73 Å². The second kappa shape index (κ2) is 7.34. The standard InChI is InChI=1S/C19H22ClN3O/c1-13-7-8-15(20)9-18(13)22-19(24)12-23-10-16(17(21)11-23)14-5-3-2-4-6-14/h2-9,16-17H,10-12,21H2,1H3,(H,22,24)/t16-,17+/m0/s1. The van der Waals surface area contributed by atoms with E-state index >= 15 is 0 Å². The number of benzene rings is 2. The number of nitrogens with zero attached hydrogens (tertiary/aromatic N) is 1. The van der Waals surface area contributed by atoms with E-state index in [9.17, 15) is 4.79 Å². The van der Waals surface area contributed by atoms with Crippen LogP contribution in [0, 0.1) is 6.92 Å². The molecule has 5 heteroatoms. The Balaban J connectivity index is 1.60. The maximum absolute atomic E-state index is 12.3. The number of likely N-dealkylation sites (tertiary alicyclic amines) is 1. The van der Waals surface area contributed by atoms with Gasteiger partial charge in [0.05, 0.1) is 6.54 Å². The van der Waals surface area contributed by atoms with Gasteiger partial charge in [-0.2, -0.15) is 0 Å². The van der Waals surface area contributed by atoms with Crippen LogP contribution in [0.1, 0.15) is 17.0 Å². The number of amides is 1. The highest BCUT2D eigenvalue weighted by molar-refractivity contribution is 6.31. The molecule has 1 aliphatic heterocycles. The van der Waals surface area contributed by atoms with Crippen LogP contribution in [0.15, 0.2) is 48.5 Å². The molecule has 0 aromatic heterocycles. The first kappa shape index (κ1) is 17.0. The Morgan fingerprint density at radius 2 is 2.00 bits per heavy atom. The fourth-order valence-corrected chi connectivity index (χ4v) is 3.39. The molecule has 1 heterocycles. The van der Waals surface area contributed by atoms with Crippen molar-refractivity contribution < 1.29 is 4.79 Å². The van der Waals surface area contributed by atoms with Crippen molar-refractivity contribution in [3.05, 3.63) is 64.7 Å². The summed E-state index contributed by atoms with van der Waals surface area (Å²) >= 11 is 6.00. The molecule has 3 N–H and O–H groups in total. The Kier molecular flexibility index (Phi) is 5.19. The summed E-state index contributed by atoms with van der Waals surface area (Å²) in [6.07, 6.45) is 0. The molecular weight excluding hydrogens is 322 g/mol. The van der Waals surface area contributed by atoms with Crippen molar-refractivity contribution in [2.75, 3.05) is 25.0 Å². The van der Waals surface area contributed by atoms with E-state index < -0.39 is 0 Å². The number of anilines is 1. The molecule has 126 valence electrons. The van der Waals surface area contributed by atoms with E-state index in [2.05, 4.69) is 22.3 Å². The zero-order valence-corrected chi connectivity index (χ0v) is 14.5. The lowest BCUT2D eigenvalue weighted by atomic mass is 9.95. The molecule has 2 atom stereocenters. The van der Waals surface area contributed by atoms with Crippen LogP contribution in [0.3, 0.4) is 0 Å². The summed E-state index contributed by atoms with van der Waals surface area (Å²) in [5.41, 5.74) is 9.27. The smallest absolute Gasteiger partial charge is 0.238 e. The molecule has 24 heavy (non-hydrogen) atoms. The van der Waals surface area contributed by atoms with E-state index in [4.69, 9.17) is 17.3 Å². The molecule has 1 amide bonds. The first-order valence-electron chi connectivity index (χ1n) is 8.12. The molecule has 3 rings (SSSR count). The highest BCUT2D eigenvalue weighted by atomic mass is 35.5. The van der Waals surface area contributed by atoms with Crippen molar-refractivity contribution >= 4 is 23.2 Å². The van der Waals surface area contributed by atoms with Crippen LogP contribution in [0.2, 0.25) is 5.02 Å². The number of hydrogen-bond donors (Lipinski definition) is 2. The van der Waals surface area contributed by atoms with Crippen LogP contribution in [-0.4, -0.2) is 36.5 Å². The van der Waals surface area contributed by atoms with Gasteiger partial charge >= 0.3 is 0 Å². The molecule has 0 spiro atoms. The summed E-state index contributed by atoms with van der Waals surface area (Å²) in [5.74, 6) is 0.230. The highest BCUT2D eigenvalue weighted by Crippen LogP contribution is 2.26. The Bertz CT molecular complexity index is 720. The van der Waals surface area contributed by atoms with Gasteiger partial charge in [0.15, 0.2) is 0 Å². The first-order valence-corrected chi connectivity index (χ1v) is 8.49. The van der Waals surface area contributed by atoms with Crippen LogP contribution in [0.4, 0.5) is 5.69 Å². The number of halogens is 1. The number of nitrogens with two attached hydrogens (primary N) is 1. The summed E-state index contributed by atoms with van der Waals surface area (Å²) in [5, 5.41) is 3.56. The van der Waals surface area contributed by atoms with Crippen molar-refractivity contribution in [1.82, 2.24) is 4.90 Å². The quantitative estimate of drug-likeness (QED) is 0.897. The Morgan fingerprint density at radius 1 is 1.25 bits per heavy atom. The monoisotopic (exact) mass is 343 g/mol. The summed E-state index contributed by atoms with van der Waals surface area (Å²) < 4.78 is 0. The fourth-order valence-electron chi connectivity index (χ4n) is 3.22. The molecule has 1 aliphatic rings. The summed E-state index contributed by atoms with van der Waals surface area (Å²) in [7, 11) is 0. The molecule has 1 fully saturated rings. The predicted molar refractivity (Wildman–Crippen MR) is 98.4 cm³/mol. The zero-order chi connectivity index (χ0) is 17.1. The lowest BCUT2D eigenvalue weighted by Gasteiger charge is -2.16. The van der Waals surface area contributed by atoms with E-state index in [0.29, 0.717) is 11.6 Å². The third kappa shape index (κ3) is 3.96. The van der Waals surface area contributed by atoms with E-state index in [1.165, 1.54) is 5.56 Å². The maximum Gasteiger partial charge on any atom is 0.238 e. The predicted octanol–water partition coefficient (Wildman–Crippen LogP) is 3.01. The molecule has 0 aliphatic carbocycles. The van der Waals surface area contributed by atoms with Gasteiger partial charge in [-0.1, -0.05) is 48.0 Å². The highest BCUT2D eigenvalue weighted by Gasteiger charge is 2.31. The fraction of sp³-hybridized carbons (Fsp3) is 0.316. The number of hydrogen-bond acceptors (Lipinski definition) is 3. The van der Waals surface area contributed by atoms with Gasteiger partial charge in [0.25, 0.3) is 0 Å². The van der Waals surface area contributed by atoms with E-state index in [0.717, 1.165) is 24.3 Å². The first-order chi connectivity index (χ1) is 11.5. The van der Waals surface area contributed by atoms with Gasteiger partial charge in [-0.15, -0.1) is 0 Å². The third-order valence-electron chi connectivity index (χ3n) is 4.51. The van der Waals surface area contributed by atoms with Gasteiger partial charge in [-0.05, 0) is 30.2 Å². The van der Waals surface area contributed by atoms with Gasteiger partial charge < -0.3 is 11.1 Å². The minimum atomic E-state index is -0.0405. The van der Waals surface area contributed by atoms with Crippen LogP contribution in [0.25, 0.3) is 0 Å². The molecular formula is C19H22ClN3O. The van der Waals surface area contributed by atoms with Gasteiger partial charge in [0, 0.05) is 35.8 Å². The second-order valence-electron chi connectivity index (χ2n) is 6.38. The number of nitrogens with one attached hydrogen (secondary N) is 1. The minimum absolute atomic E-state index is 0.0405.